The predicted molar refractivity (Wildman–Crippen MR) is 147 cm³/mol. The SMILES string of the molecule is C[C@H]1C(O)O[C@H](COC(c2ccccc2)(c2ccccc2)c2ccccc2)[C@H]1O[Si](C)(C)C(C)(C)C. The van der Waals surface area contributed by atoms with Gasteiger partial charge >= 0.3 is 0 Å². The Kier molecular flexibility index (Phi) is 7.88. The molecule has 4 rings (SSSR count). The third kappa shape index (κ3) is 5.22. The molecule has 1 fully saturated rings. The third-order valence-corrected chi connectivity index (χ3v) is 12.4. The van der Waals surface area contributed by atoms with Crippen LogP contribution < -0.4 is 0 Å². The largest absolute Gasteiger partial charge is 0.411 e. The second-order valence-electron chi connectivity index (χ2n) is 11.4. The average Bonchev–Trinajstić information content (AvgIpc) is 3.13. The van der Waals surface area contributed by atoms with E-state index in [-0.39, 0.29) is 29.8 Å². The Morgan fingerprint density at radius 2 is 1.19 bits per heavy atom. The lowest BCUT2D eigenvalue weighted by atomic mass is 9.80. The Morgan fingerprint density at radius 3 is 1.58 bits per heavy atom. The van der Waals surface area contributed by atoms with Gasteiger partial charge in [-0.3, -0.25) is 0 Å². The Balaban J connectivity index is 1.74. The molecule has 1 unspecified atom stereocenters. The number of hydrogen-bond donors (Lipinski definition) is 1. The van der Waals surface area contributed by atoms with Crippen molar-refractivity contribution >= 4 is 8.32 Å². The van der Waals surface area contributed by atoms with Gasteiger partial charge in [-0.05, 0) is 34.8 Å². The number of aliphatic hydroxyl groups excluding tert-OH is 1. The molecule has 5 heteroatoms. The summed E-state index contributed by atoms with van der Waals surface area (Å²) in [7, 11) is -2.10. The molecule has 0 amide bonds. The monoisotopic (exact) mass is 504 g/mol. The van der Waals surface area contributed by atoms with Gasteiger partial charge in [0.25, 0.3) is 0 Å². The topological polar surface area (TPSA) is 47.9 Å². The van der Waals surface area contributed by atoms with Gasteiger partial charge in [-0.25, -0.2) is 0 Å². The second kappa shape index (κ2) is 10.6. The Bertz CT molecular complexity index is 999. The van der Waals surface area contributed by atoms with E-state index in [0.717, 1.165) is 16.7 Å². The number of rotatable bonds is 8. The quantitative estimate of drug-likeness (QED) is 0.273. The Morgan fingerprint density at radius 1 is 0.778 bits per heavy atom. The molecule has 4 nitrogen and oxygen atoms in total. The van der Waals surface area contributed by atoms with Gasteiger partial charge in [0.15, 0.2) is 14.6 Å². The van der Waals surface area contributed by atoms with Crippen LogP contribution in [-0.2, 0) is 19.5 Å². The van der Waals surface area contributed by atoms with Gasteiger partial charge in [0.2, 0.25) is 0 Å². The van der Waals surface area contributed by atoms with Crippen LogP contribution >= 0.6 is 0 Å². The summed E-state index contributed by atoms with van der Waals surface area (Å²) in [6.07, 6.45) is -1.52. The van der Waals surface area contributed by atoms with Crippen molar-refractivity contribution in [1.29, 1.82) is 0 Å². The molecule has 0 bridgehead atoms. The molecule has 3 aromatic rings. The lowest BCUT2D eigenvalue weighted by molar-refractivity contribution is -0.135. The number of hydrogen-bond acceptors (Lipinski definition) is 4. The standard InChI is InChI=1S/C31H40O4Si/c1-23-28(35-36(5,6)30(2,3)4)27(34-29(23)32)22-33-31(24-16-10-7-11-17-24,25-18-12-8-13-19-25)26-20-14-9-15-21-26/h7-21,23,27-29,32H,22H2,1-6H3/t23-,27-,28+,29?/m1/s1. The second-order valence-corrected chi connectivity index (χ2v) is 16.1. The third-order valence-electron chi connectivity index (χ3n) is 7.89. The first kappa shape index (κ1) is 26.8. The zero-order valence-corrected chi connectivity index (χ0v) is 23.3. The molecular formula is C31H40O4Si. The molecule has 36 heavy (non-hydrogen) atoms. The number of ether oxygens (including phenoxy) is 2. The maximum atomic E-state index is 10.7. The van der Waals surface area contributed by atoms with Crippen molar-refractivity contribution in [3.05, 3.63) is 108 Å². The van der Waals surface area contributed by atoms with E-state index in [9.17, 15) is 5.11 Å². The van der Waals surface area contributed by atoms with Gasteiger partial charge in [-0.1, -0.05) is 119 Å². The fourth-order valence-corrected chi connectivity index (χ4v) is 6.09. The molecule has 1 aliphatic rings. The zero-order valence-electron chi connectivity index (χ0n) is 22.3. The summed E-state index contributed by atoms with van der Waals surface area (Å²) < 4.78 is 19.9. The van der Waals surface area contributed by atoms with Crippen LogP contribution in [-0.4, -0.2) is 38.5 Å². The van der Waals surface area contributed by atoms with Gasteiger partial charge in [0.1, 0.15) is 11.7 Å². The molecule has 0 saturated carbocycles. The van der Waals surface area contributed by atoms with Crippen molar-refractivity contribution in [2.75, 3.05) is 6.61 Å². The number of aliphatic hydroxyl groups is 1. The highest BCUT2D eigenvalue weighted by Crippen LogP contribution is 2.43. The smallest absolute Gasteiger partial charge is 0.192 e. The van der Waals surface area contributed by atoms with Gasteiger partial charge < -0.3 is 19.0 Å². The minimum atomic E-state index is -2.10. The average molecular weight is 505 g/mol. The zero-order chi connectivity index (χ0) is 26.0. The van der Waals surface area contributed by atoms with Crippen LogP contribution in [0.3, 0.4) is 0 Å². The fraction of sp³-hybridized carbons (Fsp3) is 0.419. The van der Waals surface area contributed by atoms with Gasteiger partial charge in [-0.2, -0.15) is 0 Å². The maximum Gasteiger partial charge on any atom is 0.192 e. The summed E-state index contributed by atoms with van der Waals surface area (Å²) in [4.78, 5) is 0. The summed E-state index contributed by atoms with van der Waals surface area (Å²) in [5.74, 6) is -0.146. The van der Waals surface area contributed by atoms with Crippen molar-refractivity contribution in [3.63, 3.8) is 0 Å². The first-order valence-electron chi connectivity index (χ1n) is 12.9. The Labute approximate surface area is 217 Å². The Hall–Kier alpha value is -2.28. The number of benzene rings is 3. The molecular weight excluding hydrogens is 464 g/mol. The summed E-state index contributed by atoms with van der Waals surface area (Å²) in [6, 6.07) is 31.0. The van der Waals surface area contributed by atoms with Crippen LogP contribution in [0, 0.1) is 5.92 Å². The van der Waals surface area contributed by atoms with E-state index in [1.807, 2.05) is 61.5 Å². The summed E-state index contributed by atoms with van der Waals surface area (Å²) in [5.41, 5.74) is 2.27. The molecule has 0 aromatic heterocycles. The molecule has 0 aliphatic carbocycles. The molecule has 0 spiro atoms. The van der Waals surface area contributed by atoms with E-state index in [1.165, 1.54) is 0 Å². The fourth-order valence-electron chi connectivity index (χ4n) is 4.69. The van der Waals surface area contributed by atoms with Gasteiger partial charge in [0.05, 0.1) is 12.7 Å². The molecule has 1 saturated heterocycles. The predicted octanol–water partition coefficient (Wildman–Crippen LogP) is 6.74. The first-order valence-corrected chi connectivity index (χ1v) is 15.8. The lowest BCUT2D eigenvalue weighted by Crippen LogP contribution is -2.49. The van der Waals surface area contributed by atoms with Crippen LogP contribution in [0.5, 0.6) is 0 Å². The highest BCUT2D eigenvalue weighted by molar-refractivity contribution is 6.74. The summed E-state index contributed by atoms with van der Waals surface area (Å²) in [6.45, 7) is 13.4. The molecule has 0 radical (unpaired) electrons. The van der Waals surface area contributed by atoms with Crippen LogP contribution in [0.2, 0.25) is 18.1 Å². The summed E-state index contributed by atoms with van der Waals surface area (Å²) >= 11 is 0. The first-order chi connectivity index (χ1) is 17.1. The molecule has 1 aliphatic heterocycles. The van der Waals surface area contributed by atoms with Crippen LogP contribution in [0.4, 0.5) is 0 Å². The molecule has 1 heterocycles. The minimum absolute atomic E-state index is 0.0492. The molecule has 3 aromatic carbocycles. The van der Waals surface area contributed by atoms with E-state index in [2.05, 4.69) is 70.3 Å². The maximum absolute atomic E-state index is 10.7. The highest BCUT2D eigenvalue weighted by atomic mass is 28.4. The lowest BCUT2D eigenvalue weighted by Gasteiger charge is -2.41. The van der Waals surface area contributed by atoms with E-state index in [0.29, 0.717) is 0 Å². The van der Waals surface area contributed by atoms with Crippen molar-refractivity contribution in [2.24, 2.45) is 5.92 Å². The van der Waals surface area contributed by atoms with Crippen molar-refractivity contribution in [3.8, 4) is 0 Å². The van der Waals surface area contributed by atoms with Crippen LogP contribution in [0.1, 0.15) is 44.4 Å². The van der Waals surface area contributed by atoms with Gasteiger partial charge in [0, 0.05) is 5.92 Å². The van der Waals surface area contributed by atoms with E-state index < -0.39 is 20.2 Å². The van der Waals surface area contributed by atoms with Crippen molar-refractivity contribution < 1.29 is 19.0 Å². The normalized spacial score (nSPS) is 23.1. The summed E-state index contributed by atoms with van der Waals surface area (Å²) in [5, 5.41) is 10.7. The van der Waals surface area contributed by atoms with Gasteiger partial charge in [-0.15, -0.1) is 0 Å². The molecule has 4 atom stereocenters. The van der Waals surface area contributed by atoms with E-state index in [1.54, 1.807) is 0 Å². The molecule has 192 valence electrons. The van der Waals surface area contributed by atoms with E-state index >= 15 is 0 Å². The van der Waals surface area contributed by atoms with Crippen LogP contribution in [0.25, 0.3) is 0 Å². The minimum Gasteiger partial charge on any atom is -0.411 e. The van der Waals surface area contributed by atoms with Crippen molar-refractivity contribution in [2.45, 2.75) is 69.9 Å². The van der Waals surface area contributed by atoms with E-state index in [4.69, 9.17) is 13.9 Å². The highest BCUT2D eigenvalue weighted by Gasteiger charge is 2.49. The molecule has 1 N–H and O–H groups in total. The van der Waals surface area contributed by atoms with Crippen LogP contribution in [0.15, 0.2) is 91.0 Å². The van der Waals surface area contributed by atoms with Crippen molar-refractivity contribution in [1.82, 2.24) is 0 Å².